The molecule has 0 aliphatic rings. The van der Waals surface area contributed by atoms with E-state index in [-0.39, 0.29) is 0 Å². The van der Waals surface area contributed by atoms with Crippen molar-refractivity contribution in [1.29, 1.82) is 0 Å². The lowest BCUT2D eigenvalue weighted by Gasteiger charge is -2.03. The van der Waals surface area contributed by atoms with E-state index in [4.69, 9.17) is 15.0 Å². The Balaban J connectivity index is 2.39. The van der Waals surface area contributed by atoms with Gasteiger partial charge < -0.3 is 15.0 Å². The molecule has 2 rings (SSSR count). The number of nitrogens with zero attached hydrogens (tertiary/aromatic N) is 1. The summed E-state index contributed by atoms with van der Waals surface area (Å²) in [6.45, 7) is 2.63. The second-order valence-corrected chi connectivity index (χ2v) is 3.98. The lowest BCUT2D eigenvalue weighted by molar-refractivity contribution is 0.193. The van der Waals surface area contributed by atoms with Crippen LogP contribution in [0.3, 0.4) is 0 Å². The number of nitrogens with two attached hydrogens (primary N) is 1. The van der Waals surface area contributed by atoms with Crippen LogP contribution in [0.15, 0.2) is 28.8 Å². The van der Waals surface area contributed by atoms with Gasteiger partial charge in [-0.1, -0.05) is 35.0 Å². The Morgan fingerprint density at radius 2 is 2.24 bits per heavy atom. The molecule has 17 heavy (non-hydrogen) atoms. The van der Waals surface area contributed by atoms with Gasteiger partial charge in [-0.3, -0.25) is 0 Å². The van der Waals surface area contributed by atoms with Crippen molar-refractivity contribution in [3.05, 3.63) is 35.6 Å². The number of hydrogen-bond acceptors (Lipinski definition) is 4. The molecule has 0 amide bonds. The van der Waals surface area contributed by atoms with Gasteiger partial charge in [0.05, 0.1) is 12.2 Å². The standard InChI is InChI=1S/C13H16N2O2/c1-9-4-3-5-10(8-9)12-11(6-7-16-2)17-15-13(12)14/h3-5,8H,6-7H2,1-2H3,(H2,14,15). The number of anilines is 1. The predicted octanol–water partition coefficient (Wildman–Crippen LogP) is 2.42. The van der Waals surface area contributed by atoms with Gasteiger partial charge in [0.15, 0.2) is 5.82 Å². The first-order valence-electron chi connectivity index (χ1n) is 5.52. The van der Waals surface area contributed by atoms with E-state index < -0.39 is 0 Å². The van der Waals surface area contributed by atoms with Gasteiger partial charge in [-0.25, -0.2) is 0 Å². The molecule has 0 radical (unpaired) electrons. The zero-order valence-corrected chi connectivity index (χ0v) is 10.1. The van der Waals surface area contributed by atoms with Crippen molar-refractivity contribution < 1.29 is 9.26 Å². The van der Waals surface area contributed by atoms with Crippen LogP contribution in [-0.4, -0.2) is 18.9 Å². The van der Waals surface area contributed by atoms with Crippen LogP contribution in [0.4, 0.5) is 5.82 Å². The fraction of sp³-hybridized carbons (Fsp3) is 0.308. The minimum absolute atomic E-state index is 0.432. The number of ether oxygens (including phenoxy) is 1. The highest BCUT2D eigenvalue weighted by atomic mass is 16.5. The summed E-state index contributed by atoms with van der Waals surface area (Å²) in [6.07, 6.45) is 0.671. The van der Waals surface area contributed by atoms with E-state index in [2.05, 4.69) is 11.2 Å². The van der Waals surface area contributed by atoms with Crippen LogP contribution in [0.2, 0.25) is 0 Å². The smallest absolute Gasteiger partial charge is 0.175 e. The third kappa shape index (κ3) is 2.47. The SMILES string of the molecule is COCCc1onc(N)c1-c1cccc(C)c1. The number of aromatic nitrogens is 1. The van der Waals surface area contributed by atoms with Crippen molar-refractivity contribution in [3.63, 3.8) is 0 Å². The highest BCUT2D eigenvalue weighted by Gasteiger charge is 2.15. The number of nitrogen functional groups attached to an aromatic ring is 1. The third-order valence-electron chi connectivity index (χ3n) is 2.63. The summed E-state index contributed by atoms with van der Waals surface area (Å²) in [7, 11) is 1.66. The van der Waals surface area contributed by atoms with Crippen LogP contribution >= 0.6 is 0 Å². The molecule has 0 fully saturated rings. The number of rotatable bonds is 4. The molecule has 0 unspecified atom stereocenters. The van der Waals surface area contributed by atoms with E-state index in [1.54, 1.807) is 7.11 Å². The van der Waals surface area contributed by atoms with Crippen molar-refractivity contribution in [2.75, 3.05) is 19.5 Å². The quantitative estimate of drug-likeness (QED) is 0.879. The lowest BCUT2D eigenvalue weighted by atomic mass is 10.0. The normalized spacial score (nSPS) is 10.7. The van der Waals surface area contributed by atoms with Gasteiger partial charge in [0, 0.05) is 13.5 Å². The van der Waals surface area contributed by atoms with Crippen molar-refractivity contribution in [1.82, 2.24) is 5.16 Å². The van der Waals surface area contributed by atoms with E-state index in [0.717, 1.165) is 16.9 Å². The summed E-state index contributed by atoms with van der Waals surface area (Å²) in [6, 6.07) is 8.12. The van der Waals surface area contributed by atoms with E-state index >= 15 is 0 Å². The lowest BCUT2D eigenvalue weighted by Crippen LogP contribution is -1.96. The molecule has 0 bridgehead atoms. The highest BCUT2D eigenvalue weighted by Crippen LogP contribution is 2.30. The monoisotopic (exact) mass is 232 g/mol. The van der Waals surface area contributed by atoms with Crippen molar-refractivity contribution >= 4 is 5.82 Å². The Bertz CT molecular complexity index is 506. The van der Waals surface area contributed by atoms with Crippen LogP contribution < -0.4 is 5.73 Å². The van der Waals surface area contributed by atoms with Gasteiger partial charge in [-0.2, -0.15) is 0 Å². The van der Waals surface area contributed by atoms with Crippen molar-refractivity contribution in [2.45, 2.75) is 13.3 Å². The van der Waals surface area contributed by atoms with Crippen LogP contribution in [-0.2, 0) is 11.2 Å². The van der Waals surface area contributed by atoms with E-state index in [1.807, 2.05) is 25.1 Å². The number of aryl methyl sites for hydroxylation is 1. The molecule has 1 aromatic carbocycles. The summed E-state index contributed by atoms with van der Waals surface area (Å²) in [4.78, 5) is 0. The maximum absolute atomic E-state index is 5.85. The molecule has 0 saturated carbocycles. The molecule has 0 aliphatic carbocycles. The first-order valence-corrected chi connectivity index (χ1v) is 5.52. The zero-order valence-electron chi connectivity index (χ0n) is 10.1. The fourth-order valence-electron chi connectivity index (χ4n) is 1.81. The topological polar surface area (TPSA) is 61.3 Å². The molecular formula is C13H16N2O2. The van der Waals surface area contributed by atoms with Crippen LogP contribution in [0.25, 0.3) is 11.1 Å². The number of benzene rings is 1. The summed E-state index contributed by atoms with van der Waals surface area (Å²) < 4.78 is 10.3. The van der Waals surface area contributed by atoms with Gasteiger partial charge in [0.25, 0.3) is 0 Å². The molecule has 2 aromatic rings. The second-order valence-electron chi connectivity index (χ2n) is 3.98. The number of methoxy groups -OCH3 is 1. The average molecular weight is 232 g/mol. The number of hydrogen-bond donors (Lipinski definition) is 1. The molecule has 2 N–H and O–H groups in total. The minimum Gasteiger partial charge on any atom is -0.384 e. The van der Waals surface area contributed by atoms with Crippen molar-refractivity contribution in [2.24, 2.45) is 0 Å². The Morgan fingerprint density at radius 1 is 1.41 bits per heavy atom. The molecular weight excluding hydrogens is 216 g/mol. The average Bonchev–Trinajstić information content (AvgIpc) is 2.68. The summed E-state index contributed by atoms with van der Waals surface area (Å²) in [5, 5.41) is 3.82. The maximum Gasteiger partial charge on any atom is 0.175 e. The van der Waals surface area contributed by atoms with E-state index in [9.17, 15) is 0 Å². The molecule has 4 heteroatoms. The molecule has 0 saturated heterocycles. The first-order chi connectivity index (χ1) is 8.22. The zero-order chi connectivity index (χ0) is 12.3. The maximum atomic E-state index is 5.85. The Labute approximate surface area is 100 Å². The predicted molar refractivity (Wildman–Crippen MR) is 66.7 cm³/mol. The molecule has 0 atom stereocenters. The van der Waals surface area contributed by atoms with Crippen LogP contribution in [0.5, 0.6) is 0 Å². The second kappa shape index (κ2) is 5.01. The molecule has 1 heterocycles. The Kier molecular flexibility index (Phi) is 3.44. The molecule has 4 nitrogen and oxygen atoms in total. The largest absolute Gasteiger partial charge is 0.384 e. The van der Waals surface area contributed by atoms with E-state index in [1.165, 1.54) is 5.56 Å². The van der Waals surface area contributed by atoms with Crippen molar-refractivity contribution in [3.8, 4) is 11.1 Å². The van der Waals surface area contributed by atoms with E-state index in [0.29, 0.717) is 18.8 Å². The van der Waals surface area contributed by atoms with Gasteiger partial charge in [-0.15, -0.1) is 0 Å². The summed E-state index contributed by atoms with van der Waals surface area (Å²) in [5.74, 6) is 1.21. The van der Waals surface area contributed by atoms with Gasteiger partial charge in [-0.05, 0) is 12.5 Å². The molecule has 90 valence electrons. The summed E-state index contributed by atoms with van der Waals surface area (Å²) in [5.41, 5.74) is 8.95. The van der Waals surface area contributed by atoms with Gasteiger partial charge in [0.2, 0.25) is 0 Å². The van der Waals surface area contributed by atoms with Crippen LogP contribution in [0.1, 0.15) is 11.3 Å². The minimum atomic E-state index is 0.432. The highest BCUT2D eigenvalue weighted by molar-refractivity contribution is 5.75. The molecule has 1 aromatic heterocycles. The fourth-order valence-corrected chi connectivity index (χ4v) is 1.81. The Morgan fingerprint density at radius 3 is 2.94 bits per heavy atom. The van der Waals surface area contributed by atoms with Gasteiger partial charge >= 0.3 is 0 Å². The first kappa shape index (κ1) is 11.7. The third-order valence-corrected chi connectivity index (χ3v) is 2.63. The Hall–Kier alpha value is -1.81. The van der Waals surface area contributed by atoms with Gasteiger partial charge in [0.1, 0.15) is 5.76 Å². The molecule has 0 aliphatic heterocycles. The van der Waals surface area contributed by atoms with Crippen LogP contribution in [0, 0.1) is 6.92 Å². The summed E-state index contributed by atoms with van der Waals surface area (Å²) >= 11 is 0. The molecule has 0 spiro atoms.